The van der Waals surface area contributed by atoms with Crippen molar-refractivity contribution >= 4 is 12.0 Å². The predicted molar refractivity (Wildman–Crippen MR) is 69.4 cm³/mol. The Balaban J connectivity index is 2.63. The van der Waals surface area contributed by atoms with Crippen LogP contribution >= 0.6 is 0 Å². The molecule has 104 valence electrons. The Hall–Kier alpha value is -1.26. The highest BCUT2D eigenvalue weighted by Crippen LogP contribution is 2.19. The first kappa shape index (κ1) is 14.8. The van der Waals surface area contributed by atoms with Crippen molar-refractivity contribution in [1.82, 2.24) is 9.80 Å². The van der Waals surface area contributed by atoms with E-state index >= 15 is 0 Å². The van der Waals surface area contributed by atoms with Crippen LogP contribution in [0.2, 0.25) is 0 Å². The molecule has 1 heterocycles. The summed E-state index contributed by atoms with van der Waals surface area (Å²) in [6, 6.07) is 0.102. The van der Waals surface area contributed by atoms with E-state index in [-0.39, 0.29) is 12.1 Å². The van der Waals surface area contributed by atoms with E-state index < -0.39 is 11.9 Å². The van der Waals surface area contributed by atoms with Crippen molar-refractivity contribution in [3.05, 3.63) is 0 Å². The molecular formula is C13H24N2O3. The number of carbonyl (C=O) groups is 2. The maximum absolute atomic E-state index is 12.3. The van der Waals surface area contributed by atoms with Crippen molar-refractivity contribution < 1.29 is 14.7 Å². The Bertz CT molecular complexity index is 317. The Morgan fingerprint density at radius 1 is 1.33 bits per heavy atom. The summed E-state index contributed by atoms with van der Waals surface area (Å²) in [5.74, 6) is -0.823. The third kappa shape index (κ3) is 3.37. The van der Waals surface area contributed by atoms with Crippen molar-refractivity contribution in [2.24, 2.45) is 11.8 Å². The first-order valence-electron chi connectivity index (χ1n) is 6.59. The van der Waals surface area contributed by atoms with Gasteiger partial charge in [-0.2, -0.15) is 0 Å². The molecule has 1 N–H and O–H groups in total. The SMILES string of the molecule is CC(C)C(C)N(C)C(=O)N1CCCC(C(=O)O)C1. The van der Waals surface area contributed by atoms with Crippen LogP contribution in [0.15, 0.2) is 0 Å². The molecule has 0 bridgehead atoms. The fraction of sp³-hybridized carbons (Fsp3) is 0.846. The van der Waals surface area contributed by atoms with Crippen LogP contribution in [-0.2, 0) is 4.79 Å². The molecule has 1 aliphatic heterocycles. The van der Waals surface area contributed by atoms with Crippen LogP contribution in [0.4, 0.5) is 4.79 Å². The summed E-state index contributed by atoms with van der Waals surface area (Å²) in [4.78, 5) is 26.6. The van der Waals surface area contributed by atoms with Crippen molar-refractivity contribution in [3.8, 4) is 0 Å². The van der Waals surface area contributed by atoms with Gasteiger partial charge in [-0.15, -0.1) is 0 Å². The molecule has 5 heteroatoms. The smallest absolute Gasteiger partial charge is 0.320 e. The number of carbonyl (C=O) groups excluding carboxylic acids is 1. The highest BCUT2D eigenvalue weighted by Gasteiger charge is 2.31. The van der Waals surface area contributed by atoms with Crippen LogP contribution in [0.1, 0.15) is 33.6 Å². The second-order valence-electron chi connectivity index (χ2n) is 5.50. The van der Waals surface area contributed by atoms with Gasteiger partial charge in [-0.25, -0.2) is 4.79 Å². The van der Waals surface area contributed by atoms with Gasteiger partial charge < -0.3 is 14.9 Å². The third-order valence-electron chi connectivity index (χ3n) is 3.92. The number of carboxylic acid groups (broad SMARTS) is 1. The minimum absolute atomic E-state index is 0.0536. The zero-order chi connectivity index (χ0) is 13.9. The molecule has 0 aromatic heterocycles. The van der Waals surface area contributed by atoms with Gasteiger partial charge in [0.05, 0.1) is 5.92 Å². The van der Waals surface area contributed by atoms with Crippen LogP contribution in [0.3, 0.4) is 0 Å². The summed E-state index contributed by atoms with van der Waals surface area (Å²) >= 11 is 0. The third-order valence-corrected chi connectivity index (χ3v) is 3.92. The highest BCUT2D eigenvalue weighted by atomic mass is 16.4. The molecule has 0 aromatic rings. The summed E-state index contributed by atoms with van der Waals surface area (Å²) in [6.07, 6.45) is 1.44. The lowest BCUT2D eigenvalue weighted by atomic mass is 9.98. The van der Waals surface area contributed by atoms with Crippen molar-refractivity contribution in [1.29, 1.82) is 0 Å². The van der Waals surface area contributed by atoms with Gasteiger partial charge in [0, 0.05) is 26.2 Å². The fourth-order valence-electron chi connectivity index (χ4n) is 2.20. The molecule has 2 unspecified atom stereocenters. The second kappa shape index (κ2) is 6.07. The van der Waals surface area contributed by atoms with Crippen molar-refractivity contribution in [2.45, 2.75) is 39.7 Å². The van der Waals surface area contributed by atoms with E-state index in [1.807, 2.05) is 6.92 Å². The number of hydrogen-bond acceptors (Lipinski definition) is 2. The molecule has 2 atom stereocenters. The van der Waals surface area contributed by atoms with E-state index in [2.05, 4.69) is 13.8 Å². The van der Waals surface area contributed by atoms with Gasteiger partial charge in [0.25, 0.3) is 0 Å². The maximum Gasteiger partial charge on any atom is 0.320 e. The van der Waals surface area contributed by atoms with Crippen LogP contribution in [0.25, 0.3) is 0 Å². The number of piperidine rings is 1. The second-order valence-corrected chi connectivity index (χ2v) is 5.50. The Morgan fingerprint density at radius 2 is 1.94 bits per heavy atom. The molecule has 5 nitrogen and oxygen atoms in total. The molecule has 1 fully saturated rings. The summed E-state index contributed by atoms with van der Waals surface area (Å²) < 4.78 is 0. The Labute approximate surface area is 109 Å². The largest absolute Gasteiger partial charge is 0.481 e. The van der Waals surface area contributed by atoms with Crippen LogP contribution in [0.5, 0.6) is 0 Å². The number of hydrogen-bond donors (Lipinski definition) is 1. The molecular weight excluding hydrogens is 232 g/mol. The van der Waals surface area contributed by atoms with Crippen molar-refractivity contribution in [2.75, 3.05) is 20.1 Å². The number of urea groups is 1. The lowest BCUT2D eigenvalue weighted by molar-refractivity contribution is -0.143. The van der Waals surface area contributed by atoms with E-state index in [0.717, 1.165) is 6.42 Å². The first-order valence-corrected chi connectivity index (χ1v) is 6.59. The average molecular weight is 256 g/mol. The predicted octanol–water partition coefficient (Wildman–Crippen LogP) is 1.88. The average Bonchev–Trinajstić information content (AvgIpc) is 2.36. The van der Waals surface area contributed by atoms with Gasteiger partial charge in [-0.05, 0) is 25.7 Å². The first-order chi connectivity index (χ1) is 8.34. The zero-order valence-electron chi connectivity index (χ0n) is 11.7. The Kier molecular flexibility index (Phi) is 4.99. The minimum Gasteiger partial charge on any atom is -0.481 e. The highest BCUT2D eigenvalue weighted by molar-refractivity contribution is 5.76. The molecule has 18 heavy (non-hydrogen) atoms. The summed E-state index contributed by atoms with van der Waals surface area (Å²) in [5, 5.41) is 9.02. The molecule has 0 aliphatic carbocycles. The number of rotatable bonds is 3. The number of nitrogens with zero attached hydrogens (tertiary/aromatic N) is 2. The molecule has 0 radical (unpaired) electrons. The molecule has 0 saturated carbocycles. The number of carboxylic acids is 1. The van der Waals surface area contributed by atoms with Crippen LogP contribution in [-0.4, -0.2) is 53.1 Å². The summed E-state index contributed by atoms with van der Waals surface area (Å²) in [6.45, 7) is 7.16. The van der Waals surface area contributed by atoms with Gasteiger partial charge >= 0.3 is 12.0 Å². The van der Waals surface area contributed by atoms with E-state index in [1.54, 1.807) is 16.8 Å². The molecule has 1 rings (SSSR count). The molecule has 0 spiro atoms. The lowest BCUT2D eigenvalue weighted by Gasteiger charge is -2.37. The standard InChI is InChI=1S/C13H24N2O3/c1-9(2)10(3)14(4)13(18)15-7-5-6-11(8-15)12(16)17/h9-11H,5-8H2,1-4H3,(H,16,17). The Morgan fingerprint density at radius 3 is 2.44 bits per heavy atom. The number of likely N-dealkylation sites (tertiary alicyclic amines) is 1. The number of aliphatic carboxylic acids is 1. The van der Waals surface area contributed by atoms with Gasteiger partial charge in [0.2, 0.25) is 0 Å². The van der Waals surface area contributed by atoms with E-state index in [1.165, 1.54) is 0 Å². The maximum atomic E-state index is 12.3. The molecule has 2 amide bonds. The van der Waals surface area contributed by atoms with E-state index in [0.29, 0.717) is 25.4 Å². The molecule has 1 aliphatic rings. The van der Waals surface area contributed by atoms with Gasteiger partial charge in [-0.3, -0.25) is 4.79 Å². The van der Waals surface area contributed by atoms with E-state index in [9.17, 15) is 9.59 Å². The van der Waals surface area contributed by atoms with Gasteiger partial charge in [0.15, 0.2) is 0 Å². The number of amides is 2. The van der Waals surface area contributed by atoms with Crippen LogP contribution in [0, 0.1) is 11.8 Å². The monoisotopic (exact) mass is 256 g/mol. The molecule has 0 aromatic carbocycles. The zero-order valence-corrected chi connectivity index (χ0v) is 11.7. The van der Waals surface area contributed by atoms with Gasteiger partial charge in [-0.1, -0.05) is 13.8 Å². The summed E-state index contributed by atoms with van der Waals surface area (Å²) in [5.41, 5.74) is 0. The summed E-state index contributed by atoms with van der Waals surface area (Å²) in [7, 11) is 1.79. The minimum atomic E-state index is -0.799. The van der Waals surface area contributed by atoms with Crippen molar-refractivity contribution in [3.63, 3.8) is 0 Å². The van der Waals surface area contributed by atoms with E-state index in [4.69, 9.17) is 5.11 Å². The van der Waals surface area contributed by atoms with Gasteiger partial charge in [0.1, 0.15) is 0 Å². The fourth-order valence-corrected chi connectivity index (χ4v) is 2.20. The lowest BCUT2D eigenvalue weighted by Crippen LogP contribution is -2.50. The quantitative estimate of drug-likeness (QED) is 0.838. The normalized spacial score (nSPS) is 21.8. The van der Waals surface area contributed by atoms with Crippen LogP contribution < -0.4 is 0 Å². The topological polar surface area (TPSA) is 60.9 Å². The molecule has 1 saturated heterocycles.